The molecule has 1 saturated heterocycles. The Morgan fingerprint density at radius 3 is 1.91 bits per heavy atom. The van der Waals surface area contributed by atoms with Crippen LogP contribution in [0.5, 0.6) is 0 Å². The van der Waals surface area contributed by atoms with Crippen LogP contribution in [0.4, 0.5) is 0 Å². The van der Waals surface area contributed by atoms with E-state index in [-0.39, 0.29) is 12.2 Å². The van der Waals surface area contributed by atoms with Crippen molar-refractivity contribution in [3.63, 3.8) is 0 Å². The van der Waals surface area contributed by atoms with Gasteiger partial charge < -0.3 is 18.9 Å². The minimum absolute atomic E-state index is 0.319. The van der Waals surface area contributed by atoms with Gasteiger partial charge in [0.05, 0.1) is 31.5 Å². The summed E-state index contributed by atoms with van der Waals surface area (Å²) in [6.45, 7) is 3.08. The van der Waals surface area contributed by atoms with E-state index in [1.165, 1.54) is 0 Å². The van der Waals surface area contributed by atoms with Crippen LogP contribution in [0.15, 0.2) is 91.0 Å². The molecule has 3 aromatic rings. The monoisotopic (exact) mass is 432 g/mol. The highest BCUT2D eigenvalue weighted by Gasteiger charge is 2.43. The molecule has 5 nitrogen and oxygen atoms in total. The second kappa shape index (κ2) is 11.0. The predicted octanol–water partition coefficient (Wildman–Crippen LogP) is 4.80. The van der Waals surface area contributed by atoms with Gasteiger partial charge in [-0.1, -0.05) is 78.9 Å². The molecule has 166 valence electrons. The van der Waals surface area contributed by atoms with Crippen molar-refractivity contribution >= 4 is 5.97 Å². The molecular formula is C27H28O5. The highest BCUT2D eigenvalue weighted by Crippen LogP contribution is 2.26. The molecule has 0 amide bonds. The number of hydrogen-bond acceptors (Lipinski definition) is 5. The van der Waals surface area contributed by atoms with Gasteiger partial charge in [0.2, 0.25) is 0 Å². The van der Waals surface area contributed by atoms with Gasteiger partial charge in [0, 0.05) is 0 Å². The third kappa shape index (κ3) is 5.82. The number of rotatable bonds is 8. The molecule has 3 aromatic carbocycles. The molecule has 0 aromatic heterocycles. The summed E-state index contributed by atoms with van der Waals surface area (Å²) in [5.74, 6) is -0.400. The number of benzene rings is 3. The Balaban J connectivity index is 1.50. The summed E-state index contributed by atoms with van der Waals surface area (Å²) in [6.07, 6.45) is -1.75. The maximum absolute atomic E-state index is 12.8. The van der Waals surface area contributed by atoms with Gasteiger partial charge in [-0.3, -0.25) is 0 Å². The van der Waals surface area contributed by atoms with Crippen molar-refractivity contribution in [1.82, 2.24) is 0 Å². The van der Waals surface area contributed by atoms with E-state index < -0.39 is 18.2 Å². The van der Waals surface area contributed by atoms with E-state index in [0.29, 0.717) is 25.4 Å². The lowest BCUT2D eigenvalue weighted by Gasteiger charge is -2.40. The average Bonchev–Trinajstić information content (AvgIpc) is 2.85. The van der Waals surface area contributed by atoms with E-state index in [0.717, 1.165) is 11.1 Å². The van der Waals surface area contributed by atoms with E-state index >= 15 is 0 Å². The fraction of sp³-hybridized carbons (Fsp3) is 0.296. The lowest BCUT2D eigenvalue weighted by Crippen LogP contribution is -2.55. The Morgan fingerprint density at radius 2 is 1.31 bits per heavy atom. The van der Waals surface area contributed by atoms with Crippen LogP contribution in [0, 0.1) is 0 Å². The zero-order chi connectivity index (χ0) is 22.2. The summed E-state index contributed by atoms with van der Waals surface area (Å²) < 4.78 is 24.3. The fourth-order valence-electron chi connectivity index (χ4n) is 3.73. The molecule has 0 spiro atoms. The molecule has 1 fully saturated rings. The zero-order valence-corrected chi connectivity index (χ0v) is 18.1. The molecule has 1 aliphatic rings. The van der Waals surface area contributed by atoms with Crippen LogP contribution < -0.4 is 0 Å². The highest BCUT2D eigenvalue weighted by atomic mass is 16.6. The molecule has 0 N–H and O–H groups in total. The number of hydrogen-bond donors (Lipinski definition) is 0. The number of esters is 1. The SMILES string of the molecule is CC1OCC(OCc2ccccc2)C(OCc2ccccc2)[C@@H]1OC(=O)c1ccccc1. The van der Waals surface area contributed by atoms with Crippen molar-refractivity contribution in [2.24, 2.45) is 0 Å². The van der Waals surface area contributed by atoms with Crippen molar-refractivity contribution in [3.05, 3.63) is 108 Å². The van der Waals surface area contributed by atoms with Crippen LogP contribution >= 0.6 is 0 Å². The smallest absolute Gasteiger partial charge is 0.338 e. The molecule has 1 heterocycles. The summed E-state index contributed by atoms with van der Waals surface area (Å²) >= 11 is 0. The first-order valence-electron chi connectivity index (χ1n) is 10.9. The first-order chi connectivity index (χ1) is 15.7. The third-order valence-corrected chi connectivity index (χ3v) is 5.52. The minimum Gasteiger partial charge on any atom is -0.453 e. The van der Waals surface area contributed by atoms with Gasteiger partial charge in [0.15, 0.2) is 6.10 Å². The summed E-state index contributed by atoms with van der Waals surface area (Å²) in [6, 6.07) is 28.8. The molecule has 5 heteroatoms. The van der Waals surface area contributed by atoms with Crippen LogP contribution in [0.3, 0.4) is 0 Å². The average molecular weight is 433 g/mol. The lowest BCUT2D eigenvalue weighted by atomic mass is 10.00. The number of carbonyl (C=O) groups excluding carboxylic acids is 1. The molecule has 0 aliphatic carbocycles. The summed E-state index contributed by atoms with van der Waals surface area (Å²) in [7, 11) is 0. The van der Waals surface area contributed by atoms with Crippen molar-refractivity contribution in [3.8, 4) is 0 Å². The second-order valence-corrected chi connectivity index (χ2v) is 7.87. The van der Waals surface area contributed by atoms with E-state index in [1.807, 2.05) is 85.8 Å². The van der Waals surface area contributed by atoms with Gasteiger partial charge in [0.1, 0.15) is 12.2 Å². The zero-order valence-electron chi connectivity index (χ0n) is 18.1. The Labute approximate surface area is 188 Å². The summed E-state index contributed by atoms with van der Waals surface area (Å²) in [5.41, 5.74) is 2.60. The van der Waals surface area contributed by atoms with Crippen molar-refractivity contribution in [1.29, 1.82) is 0 Å². The maximum atomic E-state index is 12.8. The molecule has 1 aliphatic heterocycles. The Hall–Kier alpha value is -2.99. The third-order valence-electron chi connectivity index (χ3n) is 5.52. The van der Waals surface area contributed by atoms with Gasteiger partial charge in [-0.05, 0) is 30.2 Å². The molecule has 32 heavy (non-hydrogen) atoms. The Kier molecular flexibility index (Phi) is 7.67. The van der Waals surface area contributed by atoms with Crippen molar-refractivity contribution in [2.75, 3.05) is 6.61 Å². The van der Waals surface area contributed by atoms with Crippen LogP contribution in [-0.4, -0.2) is 37.0 Å². The topological polar surface area (TPSA) is 54.0 Å². The summed E-state index contributed by atoms with van der Waals surface area (Å²) in [4.78, 5) is 12.8. The largest absolute Gasteiger partial charge is 0.453 e. The Morgan fingerprint density at radius 1 is 0.781 bits per heavy atom. The second-order valence-electron chi connectivity index (χ2n) is 7.87. The van der Waals surface area contributed by atoms with Crippen molar-refractivity contribution < 1.29 is 23.7 Å². The van der Waals surface area contributed by atoms with Crippen molar-refractivity contribution in [2.45, 2.75) is 44.6 Å². The van der Waals surface area contributed by atoms with Gasteiger partial charge >= 0.3 is 5.97 Å². The highest BCUT2D eigenvalue weighted by molar-refractivity contribution is 5.89. The maximum Gasteiger partial charge on any atom is 0.338 e. The molecule has 0 bridgehead atoms. The van der Waals surface area contributed by atoms with Crippen LogP contribution in [-0.2, 0) is 32.2 Å². The number of carbonyl (C=O) groups is 1. The Bertz CT molecular complexity index is 961. The molecule has 4 atom stereocenters. The molecular weight excluding hydrogens is 404 g/mol. The van der Waals surface area contributed by atoms with Gasteiger partial charge in [-0.2, -0.15) is 0 Å². The quantitative estimate of drug-likeness (QED) is 0.479. The molecule has 0 saturated carbocycles. The normalized spacial score (nSPS) is 22.9. The lowest BCUT2D eigenvalue weighted by molar-refractivity contribution is -0.218. The molecule has 4 rings (SSSR count). The minimum atomic E-state index is -0.596. The van der Waals surface area contributed by atoms with E-state index in [2.05, 4.69) is 0 Å². The van der Waals surface area contributed by atoms with E-state index in [9.17, 15) is 4.79 Å². The first-order valence-corrected chi connectivity index (χ1v) is 10.9. The van der Waals surface area contributed by atoms with Crippen LogP contribution in [0.2, 0.25) is 0 Å². The molecule has 3 unspecified atom stereocenters. The van der Waals surface area contributed by atoms with Gasteiger partial charge in [-0.15, -0.1) is 0 Å². The van der Waals surface area contributed by atoms with Crippen LogP contribution in [0.25, 0.3) is 0 Å². The standard InChI is InChI=1S/C27H28O5/c1-20-25(32-27(28)23-15-9-4-10-16-23)26(31-18-22-13-7-3-8-14-22)24(19-29-20)30-17-21-11-5-2-6-12-21/h2-16,20,24-26H,17-19H2,1H3/t20?,24?,25-,26?/m1/s1. The fourth-order valence-corrected chi connectivity index (χ4v) is 3.73. The van der Waals surface area contributed by atoms with Gasteiger partial charge in [-0.25, -0.2) is 4.79 Å². The van der Waals surface area contributed by atoms with E-state index in [4.69, 9.17) is 18.9 Å². The van der Waals surface area contributed by atoms with Gasteiger partial charge in [0.25, 0.3) is 0 Å². The number of ether oxygens (including phenoxy) is 4. The van der Waals surface area contributed by atoms with Crippen LogP contribution in [0.1, 0.15) is 28.4 Å². The first kappa shape index (κ1) is 22.2. The molecule has 0 radical (unpaired) electrons. The predicted molar refractivity (Wildman–Crippen MR) is 121 cm³/mol. The summed E-state index contributed by atoms with van der Waals surface area (Å²) in [5, 5.41) is 0. The van der Waals surface area contributed by atoms with E-state index in [1.54, 1.807) is 12.1 Å².